The van der Waals surface area contributed by atoms with Gasteiger partial charge in [0, 0.05) is 30.9 Å². The van der Waals surface area contributed by atoms with Crippen molar-refractivity contribution in [3.63, 3.8) is 0 Å². The summed E-state index contributed by atoms with van der Waals surface area (Å²) < 4.78 is 12.1. The summed E-state index contributed by atoms with van der Waals surface area (Å²) in [5.74, 6) is 2.14. The fourth-order valence-corrected chi connectivity index (χ4v) is 8.42. The molecule has 10 nitrogen and oxygen atoms in total. The molecule has 5 aromatic rings. The number of carbonyl (C=O) groups is 2. The number of fused-ring (bicyclic) bond motifs is 3. The molecule has 3 fully saturated rings. The summed E-state index contributed by atoms with van der Waals surface area (Å²) in [5, 5.41) is 2.21. The molecule has 53 heavy (non-hydrogen) atoms. The minimum atomic E-state index is -0.591. The topological polar surface area (TPSA) is 116 Å². The first-order chi connectivity index (χ1) is 25.4. The van der Waals surface area contributed by atoms with Gasteiger partial charge in [-0.1, -0.05) is 63.2 Å². The summed E-state index contributed by atoms with van der Waals surface area (Å²) in [4.78, 5) is 47.5. The molecule has 1 spiro atoms. The van der Waals surface area contributed by atoms with Gasteiger partial charge in [0.05, 0.1) is 47.2 Å². The van der Waals surface area contributed by atoms with Crippen LogP contribution in [0, 0.1) is 11.8 Å². The van der Waals surface area contributed by atoms with Crippen LogP contribution in [0.2, 0.25) is 0 Å². The predicted molar refractivity (Wildman–Crippen MR) is 207 cm³/mol. The van der Waals surface area contributed by atoms with Crippen molar-refractivity contribution in [2.45, 2.75) is 103 Å². The number of imidazole rings is 2. The van der Waals surface area contributed by atoms with E-state index in [1.54, 1.807) is 4.90 Å². The summed E-state index contributed by atoms with van der Waals surface area (Å²) in [7, 11) is 0. The predicted octanol–water partition coefficient (Wildman–Crippen LogP) is 9.35. The number of rotatable bonds is 6. The van der Waals surface area contributed by atoms with Gasteiger partial charge in [-0.3, -0.25) is 9.69 Å². The fraction of sp³-hybridized carbons (Fsp3) is 0.488. The number of H-pyrrole nitrogens is 2. The van der Waals surface area contributed by atoms with Crippen LogP contribution in [0.15, 0.2) is 60.8 Å². The highest BCUT2D eigenvalue weighted by atomic mass is 16.6. The van der Waals surface area contributed by atoms with Crippen LogP contribution in [0.5, 0.6) is 0 Å². The van der Waals surface area contributed by atoms with Crippen LogP contribution in [0.3, 0.4) is 0 Å². The number of amides is 2. The van der Waals surface area contributed by atoms with Crippen molar-refractivity contribution in [2.24, 2.45) is 11.8 Å². The number of ether oxygens (including phenoxy) is 2. The third kappa shape index (κ3) is 6.82. The molecule has 2 amide bonds. The molecule has 3 aromatic carbocycles. The Labute approximate surface area is 311 Å². The zero-order chi connectivity index (χ0) is 37.1. The molecular weight excluding hydrogens is 665 g/mol. The van der Waals surface area contributed by atoms with E-state index < -0.39 is 5.60 Å². The molecule has 2 N–H and O–H groups in total. The molecular formula is C43H52N6O4. The summed E-state index contributed by atoms with van der Waals surface area (Å²) in [6, 6.07) is 19.0. The minimum absolute atomic E-state index is 0.0108. The van der Waals surface area contributed by atoms with E-state index in [-0.39, 0.29) is 35.6 Å². The summed E-state index contributed by atoms with van der Waals surface area (Å²) >= 11 is 0. The summed E-state index contributed by atoms with van der Waals surface area (Å²) in [5.41, 5.74) is 5.14. The highest BCUT2D eigenvalue weighted by Crippen LogP contribution is 2.44. The molecule has 8 rings (SSSR count). The minimum Gasteiger partial charge on any atom is -0.444 e. The van der Waals surface area contributed by atoms with Crippen molar-refractivity contribution in [3.8, 4) is 22.4 Å². The molecule has 3 aliphatic heterocycles. The lowest BCUT2D eigenvalue weighted by Crippen LogP contribution is -2.42. The van der Waals surface area contributed by atoms with Crippen molar-refractivity contribution >= 4 is 33.8 Å². The molecule has 0 bridgehead atoms. The quantitative estimate of drug-likeness (QED) is 0.181. The van der Waals surface area contributed by atoms with E-state index in [4.69, 9.17) is 19.4 Å². The van der Waals surface area contributed by atoms with Crippen molar-refractivity contribution < 1.29 is 19.1 Å². The normalized spacial score (nSPS) is 22.8. The van der Waals surface area contributed by atoms with E-state index in [1.807, 2.05) is 38.8 Å². The van der Waals surface area contributed by atoms with Gasteiger partial charge in [0.2, 0.25) is 5.91 Å². The van der Waals surface area contributed by atoms with Crippen LogP contribution >= 0.6 is 0 Å². The summed E-state index contributed by atoms with van der Waals surface area (Å²) in [6.45, 7) is 14.0. The van der Waals surface area contributed by atoms with Crippen LogP contribution < -0.4 is 0 Å². The lowest BCUT2D eigenvalue weighted by atomic mass is 9.91. The molecule has 2 aromatic heterocycles. The first-order valence-electron chi connectivity index (χ1n) is 19.4. The summed E-state index contributed by atoms with van der Waals surface area (Å²) in [6.07, 6.45) is 7.22. The van der Waals surface area contributed by atoms with Gasteiger partial charge < -0.3 is 24.3 Å². The third-order valence-electron chi connectivity index (χ3n) is 11.6. The highest BCUT2D eigenvalue weighted by Gasteiger charge is 2.50. The van der Waals surface area contributed by atoms with E-state index >= 15 is 0 Å². The van der Waals surface area contributed by atoms with Crippen molar-refractivity contribution in [3.05, 3.63) is 72.4 Å². The van der Waals surface area contributed by atoms with Crippen LogP contribution in [0.4, 0.5) is 4.79 Å². The maximum absolute atomic E-state index is 13.4. The molecule has 0 saturated carbocycles. The van der Waals surface area contributed by atoms with Crippen LogP contribution in [0.25, 0.3) is 44.2 Å². The van der Waals surface area contributed by atoms with E-state index in [0.717, 1.165) is 101 Å². The Morgan fingerprint density at radius 1 is 0.906 bits per heavy atom. The molecule has 3 aliphatic rings. The van der Waals surface area contributed by atoms with Gasteiger partial charge in [-0.2, -0.15) is 0 Å². The second kappa shape index (κ2) is 13.6. The standard InChI is InChI=1S/C43H52N6O4/c1-26(2)27(3)40(50)48-20-9-10-35(48)39-45-33-18-16-31-22-30(15-17-32(31)37(33)47-39)28-11-13-29(14-12-28)34-24-44-38(46-34)36-23-43(19-7-8-21-52-43)25-49(36)41(51)53-42(4,5)6/h11-18,22,24,26-27,35-36H,7-10,19-21,23,25H2,1-6H3,(H,44,46)(H,45,47)/t27-,35-,36-,43-/m0/s1. The van der Waals surface area contributed by atoms with E-state index in [1.165, 1.54) is 0 Å². The number of likely N-dealkylation sites (tertiary alicyclic amines) is 2. The molecule has 10 heteroatoms. The molecule has 4 atom stereocenters. The lowest BCUT2D eigenvalue weighted by molar-refractivity contribution is -0.137. The third-order valence-corrected chi connectivity index (χ3v) is 11.6. The number of hydrogen-bond donors (Lipinski definition) is 2. The molecule has 5 heterocycles. The van der Waals surface area contributed by atoms with Crippen molar-refractivity contribution in [1.29, 1.82) is 0 Å². The lowest BCUT2D eigenvalue weighted by Gasteiger charge is -2.33. The maximum atomic E-state index is 13.4. The van der Waals surface area contributed by atoms with Gasteiger partial charge in [-0.25, -0.2) is 14.8 Å². The number of aromatic amines is 2. The van der Waals surface area contributed by atoms with Gasteiger partial charge in [0.15, 0.2) is 0 Å². The zero-order valence-corrected chi connectivity index (χ0v) is 31.9. The Kier molecular flexibility index (Phi) is 9.08. The van der Waals surface area contributed by atoms with Gasteiger partial charge in [0.1, 0.15) is 17.2 Å². The number of nitrogens with zero attached hydrogens (tertiary/aromatic N) is 4. The second-order valence-electron chi connectivity index (χ2n) is 16.8. The number of hydrogen-bond acceptors (Lipinski definition) is 6. The van der Waals surface area contributed by atoms with E-state index in [2.05, 4.69) is 78.4 Å². The number of benzene rings is 3. The zero-order valence-electron chi connectivity index (χ0n) is 31.9. The molecule has 278 valence electrons. The average molecular weight is 717 g/mol. The monoisotopic (exact) mass is 716 g/mol. The average Bonchev–Trinajstić information content (AvgIpc) is 3.96. The number of aromatic nitrogens is 4. The Bertz CT molecular complexity index is 2140. The molecule has 0 unspecified atom stereocenters. The molecule has 0 aliphatic carbocycles. The highest BCUT2D eigenvalue weighted by molar-refractivity contribution is 6.05. The van der Waals surface area contributed by atoms with Gasteiger partial charge in [-0.05, 0) is 93.0 Å². The van der Waals surface area contributed by atoms with Crippen LogP contribution in [-0.2, 0) is 14.3 Å². The fourth-order valence-electron chi connectivity index (χ4n) is 8.42. The van der Waals surface area contributed by atoms with Crippen molar-refractivity contribution in [2.75, 3.05) is 19.7 Å². The van der Waals surface area contributed by atoms with Crippen LogP contribution in [-0.4, -0.2) is 72.6 Å². The Morgan fingerprint density at radius 3 is 2.42 bits per heavy atom. The van der Waals surface area contributed by atoms with Gasteiger partial charge >= 0.3 is 6.09 Å². The van der Waals surface area contributed by atoms with E-state index in [0.29, 0.717) is 18.9 Å². The molecule has 3 saturated heterocycles. The Hall–Kier alpha value is -4.70. The molecule has 0 radical (unpaired) electrons. The van der Waals surface area contributed by atoms with Crippen molar-refractivity contribution in [1.82, 2.24) is 29.7 Å². The first kappa shape index (κ1) is 35.3. The Balaban J connectivity index is 1.01. The maximum Gasteiger partial charge on any atom is 0.411 e. The largest absolute Gasteiger partial charge is 0.444 e. The SMILES string of the molecule is CC(C)[C@H](C)C(=O)N1CCC[C@H]1c1nc2c(ccc3cc(-c4ccc(-c5cnc([C@@H]6C[C@@]7(CCCCO7)CN6C(=O)OC(C)(C)C)[nH]5)cc4)ccc32)[nH]1. The van der Waals surface area contributed by atoms with Gasteiger partial charge in [0.25, 0.3) is 0 Å². The number of nitrogens with one attached hydrogen (secondary N) is 2. The smallest absolute Gasteiger partial charge is 0.411 e. The van der Waals surface area contributed by atoms with Crippen LogP contribution in [0.1, 0.15) is 104 Å². The van der Waals surface area contributed by atoms with E-state index in [9.17, 15) is 9.59 Å². The Morgan fingerprint density at radius 2 is 1.68 bits per heavy atom. The first-order valence-corrected chi connectivity index (χ1v) is 19.4. The number of carbonyl (C=O) groups excluding carboxylic acids is 2. The van der Waals surface area contributed by atoms with Gasteiger partial charge in [-0.15, -0.1) is 0 Å². The second-order valence-corrected chi connectivity index (χ2v) is 16.8.